The average molecular weight is 357 g/mol. The molecule has 1 nitrogen and oxygen atoms in total. The quantitative estimate of drug-likeness (QED) is 0.383. The lowest BCUT2D eigenvalue weighted by molar-refractivity contribution is -0.672. The van der Waals surface area contributed by atoms with Crippen molar-refractivity contribution in [1.29, 1.82) is 0 Å². The normalized spacial score (nSPS) is 13.4. The van der Waals surface area contributed by atoms with E-state index in [9.17, 15) is 0 Å². The molecule has 0 amide bonds. The Morgan fingerprint density at radius 1 is 0.963 bits per heavy atom. The summed E-state index contributed by atoms with van der Waals surface area (Å²) in [7, 11) is 2.17. The van der Waals surface area contributed by atoms with Crippen LogP contribution in [0.25, 0.3) is 22.4 Å². The number of hydrogen-bond acceptors (Lipinski definition) is 0. The van der Waals surface area contributed by atoms with Gasteiger partial charge in [-0.15, -0.1) is 0 Å². The molecule has 1 aliphatic rings. The van der Waals surface area contributed by atoms with Crippen LogP contribution in [0.15, 0.2) is 36.5 Å². The van der Waals surface area contributed by atoms with Gasteiger partial charge in [0.25, 0.3) is 0 Å². The number of pyridine rings is 1. The molecule has 27 heavy (non-hydrogen) atoms. The summed E-state index contributed by atoms with van der Waals surface area (Å²) in [5, 5.41) is 2.75. The molecule has 4 rings (SSSR count). The number of nitrogens with zero attached hydrogens (tertiary/aromatic N) is 1. The fourth-order valence-electron chi connectivity index (χ4n) is 4.50. The van der Waals surface area contributed by atoms with E-state index in [-0.39, 0.29) is 5.41 Å². The molecule has 0 fully saturated rings. The molecule has 0 aliphatic heterocycles. The third-order valence-corrected chi connectivity index (χ3v) is 5.72. The molecule has 0 saturated heterocycles. The second-order valence-corrected chi connectivity index (χ2v) is 9.47. The molecule has 1 heteroatoms. The monoisotopic (exact) mass is 356 g/mol. The van der Waals surface area contributed by atoms with Gasteiger partial charge < -0.3 is 0 Å². The van der Waals surface area contributed by atoms with E-state index in [0.29, 0.717) is 0 Å². The van der Waals surface area contributed by atoms with Gasteiger partial charge in [-0.25, -0.2) is 4.57 Å². The molecule has 0 unspecified atom stereocenters. The van der Waals surface area contributed by atoms with Gasteiger partial charge in [0.2, 0.25) is 5.69 Å². The van der Waals surface area contributed by atoms with Crippen LogP contribution in [0.5, 0.6) is 0 Å². The van der Waals surface area contributed by atoms with Crippen LogP contribution in [0.4, 0.5) is 0 Å². The maximum absolute atomic E-state index is 2.41. The summed E-state index contributed by atoms with van der Waals surface area (Å²) in [6.07, 6.45) is 5.71. The van der Waals surface area contributed by atoms with Crippen molar-refractivity contribution < 1.29 is 4.57 Å². The number of rotatable bonds is 2. The number of aromatic nitrogens is 1. The first-order valence-corrected chi connectivity index (χ1v) is 9.89. The predicted molar refractivity (Wildman–Crippen MR) is 116 cm³/mol. The Morgan fingerprint density at radius 2 is 1.70 bits per heavy atom. The number of benzene rings is 2. The van der Waals surface area contributed by atoms with Gasteiger partial charge in [0.05, 0.1) is 11.0 Å². The minimum Gasteiger partial charge on any atom is -0.200 e. The third-order valence-electron chi connectivity index (χ3n) is 5.72. The topological polar surface area (TPSA) is 3.88 Å². The van der Waals surface area contributed by atoms with Gasteiger partial charge in [-0.2, -0.15) is 0 Å². The van der Waals surface area contributed by atoms with Crippen molar-refractivity contribution in [2.75, 3.05) is 0 Å². The fraction of sp³-hybridized carbons (Fsp3) is 0.346. The zero-order valence-electron chi connectivity index (χ0n) is 17.7. The van der Waals surface area contributed by atoms with Crippen LogP contribution >= 0.6 is 0 Å². The summed E-state index contributed by atoms with van der Waals surface area (Å²) in [4.78, 5) is 0. The lowest BCUT2D eigenvalue weighted by atomic mass is 9.87. The molecule has 0 N–H and O–H groups in total. The molecule has 0 radical (unpaired) electrons. The van der Waals surface area contributed by atoms with Crippen molar-refractivity contribution in [3.63, 3.8) is 0 Å². The zero-order valence-corrected chi connectivity index (χ0v) is 17.7. The van der Waals surface area contributed by atoms with E-state index < -0.39 is 0 Å². The first-order valence-electron chi connectivity index (χ1n) is 9.89. The lowest BCUT2D eigenvalue weighted by Crippen LogP contribution is -2.32. The Balaban J connectivity index is 1.98. The summed E-state index contributed by atoms with van der Waals surface area (Å²) >= 11 is 0. The molecular weight excluding hydrogens is 326 g/mol. The van der Waals surface area contributed by atoms with Gasteiger partial charge in [-0.05, 0) is 71.9 Å². The van der Waals surface area contributed by atoms with Crippen LogP contribution in [0.2, 0.25) is 0 Å². The van der Waals surface area contributed by atoms with Crippen LogP contribution in [0, 0.1) is 26.2 Å². The van der Waals surface area contributed by atoms with Crippen molar-refractivity contribution in [2.24, 2.45) is 12.5 Å². The summed E-state index contributed by atoms with van der Waals surface area (Å²) in [5.41, 5.74) is 11.2. The van der Waals surface area contributed by atoms with Gasteiger partial charge in [0.1, 0.15) is 7.05 Å². The Bertz CT molecular complexity index is 1110. The van der Waals surface area contributed by atoms with Crippen molar-refractivity contribution in [3.8, 4) is 0 Å². The molecule has 0 spiro atoms. The number of aryl methyl sites for hydroxylation is 3. The van der Waals surface area contributed by atoms with Crippen LogP contribution in [0.3, 0.4) is 0 Å². The number of hydrogen-bond donors (Lipinski definition) is 0. The van der Waals surface area contributed by atoms with E-state index in [2.05, 4.69) is 95.8 Å². The molecule has 1 aliphatic carbocycles. The SMILES string of the molecule is Cc1cc(C)c(C)c(C2=Cc3cc(CC(C)(C)C)cc4cc[n+](C)c2c34)c1. The highest BCUT2D eigenvalue weighted by atomic mass is 14.9. The zero-order chi connectivity index (χ0) is 19.5. The van der Waals surface area contributed by atoms with Crippen LogP contribution in [-0.2, 0) is 13.5 Å². The molecular formula is C26H30N+. The molecule has 0 atom stereocenters. The van der Waals surface area contributed by atoms with Gasteiger partial charge >= 0.3 is 0 Å². The average Bonchev–Trinajstić information content (AvgIpc) is 2.93. The molecule has 2 aromatic carbocycles. The van der Waals surface area contributed by atoms with E-state index in [0.717, 1.165) is 6.42 Å². The smallest absolute Gasteiger partial charge is 0.200 e. The molecule has 1 aromatic heterocycles. The first-order chi connectivity index (χ1) is 12.6. The molecule has 0 bridgehead atoms. The molecule has 0 saturated carbocycles. The first kappa shape index (κ1) is 18.0. The van der Waals surface area contributed by atoms with Crippen molar-refractivity contribution in [3.05, 3.63) is 75.6 Å². The summed E-state index contributed by atoms with van der Waals surface area (Å²) in [6, 6.07) is 11.7. The van der Waals surface area contributed by atoms with Crippen molar-refractivity contribution >= 4 is 22.4 Å². The van der Waals surface area contributed by atoms with Crippen LogP contribution in [0.1, 0.15) is 59.8 Å². The van der Waals surface area contributed by atoms with Crippen molar-refractivity contribution in [1.82, 2.24) is 0 Å². The van der Waals surface area contributed by atoms with Gasteiger partial charge in [0.15, 0.2) is 6.20 Å². The fourth-order valence-corrected chi connectivity index (χ4v) is 4.50. The Hall–Kier alpha value is -2.41. The summed E-state index contributed by atoms with van der Waals surface area (Å²) < 4.78 is 2.28. The Morgan fingerprint density at radius 3 is 2.41 bits per heavy atom. The maximum atomic E-state index is 2.41. The highest BCUT2D eigenvalue weighted by molar-refractivity contribution is 6.11. The lowest BCUT2D eigenvalue weighted by Gasteiger charge is -2.18. The van der Waals surface area contributed by atoms with Crippen molar-refractivity contribution in [2.45, 2.75) is 48.0 Å². The van der Waals surface area contributed by atoms with Gasteiger partial charge in [-0.1, -0.05) is 50.6 Å². The minimum atomic E-state index is 0.290. The highest BCUT2D eigenvalue weighted by Gasteiger charge is 2.28. The van der Waals surface area contributed by atoms with E-state index in [4.69, 9.17) is 0 Å². The van der Waals surface area contributed by atoms with E-state index >= 15 is 0 Å². The highest BCUT2D eigenvalue weighted by Crippen LogP contribution is 2.40. The van der Waals surface area contributed by atoms with Gasteiger partial charge in [0, 0.05) is 6.07 Å². The minimum absolute atomic E-state index is 0.290. The van der Waals surface area contributed by atoms with Crippen LogP contribution in [-0.4, -0.2) is 0 Å². The van der Waals surface area contributed by atoms with E-state index in [1.165, 1.54) is 55.4 Å². The van der Waals surface area contributed by atoms with E-state index in [1.54, 1.807) is 0 Å². The largest absolute Gasteiger partial charge is 0.221 e. The Kier molecular flexibility index (Phi) is 4.03. The predicted octanol–water partition coefficient (Wildman–Crippen LogP) is 6.08. The molecule has 1 heterocycles. The summed E-state index contributed by atoms with van der Waals surface area (Å²) in [5.74, 6) is 0. The second kappa shape index (κ2) is 6.05. The second-order valence-electron chi connectivity index (χ2n) is 9.47. The summed E-state index contributed by atoms with van der Waals surface area (Å²) in [6.45, 7) is 13.6. The van der Waals surface area contributed by atoms with E-state index in [1.807, 2.05) is 0 Å². The van der Waals surface area contributed by atoms with Crippen LogP contribution < -0.4 is 4.57 Å². The molecule has 138 valence electrons. The third kappa shape index (κ3) is 3.10. The standard InChI is InChI=1S/C26H30N/c1-16-10-17(2)18(3)22(11-16)23-14-21-13-19(15-26(4,5)6)12-20-8-9-27(7)25(23)24(20)21/h8-14H,15H2,1-7H3/q+1. The maximum Gasteiger partial charge on any atom is 0.221 e. The Labute approximate surface area is 163 Å². The van der Waals surface area contributed by atoms with Gasteiger partial charge in [-0.3, -0.25) is 0 Å². The molecule has 3 aromatic rings.